The van der Waals surface area contributed by atoms with Gasteiger partial charge in [0.05, 0.1) is 0 Å². The number of rotatable bonds is 1. The summed E-state index contributed by atoms with van der Waals surface area (Å²) in [6.07, 6.45) is 0. The molecule has 13 heavy (non-hydrogen) atoms. The number of nitrogens with one attached hydrogen (secondary N) is 1. The summed E-state index contributed by atoms with van der Waals surface area (Å²) in [5, 5.41) is 3.29. The molecule has 0 aromatic heterocycles. The van der Waals surface area contributed by atoms with Gasteiger partial charge in [-0.05, 0) is 24.3 Å². The molecule has 0 radical (unpaired) electrons. The summed E-state index contributed by atoms with van der Waals surface area (Å²) < 4.78 is 0. The second kappa shape index (κ2) is 4.20. The molecule has 0 atom stereocenters. The minimum Gasteiger partial charge on any atom is -0.364 e. The summed E-state index contributed by atoms with van der Waals surface area (Å²) in [6.45, 7) is 0. The van der Waals surface area contributed by atoms with E-state index in [1.807, 2.05) is 0 Å². The van der Waals surface area contributed by atoms with Crippen LogP contribution in [-0.2, 0) is 4.79 Å². The number of benzene rings is 1. The van der Waals surface area contributed by atoms with Crippen molar-refractivity contribution < 1.29 is 4.79 Å². The molecule has 1 aromatic rings. The SMILES string of the molecule is NC(=O)C(=S)Nc1ccc(Cl)cc1. The molecule has 1 rings (SSSR count). The van der Waals surface area contributed by atoms with E-state index in [2.05, 4.69) is 17.5 Å². The lowest BCUT2D eigenvalue weighted by molar-refractivity contribution is -0.111. The predicted octanol–water partition coefficient (Wildman–Crippen LogP) is 1.56. The quantitative estimate of drug-likeness (QED) is 0.698. The average Bonchev–Trinajstić information content (AvgIpc) is 2.08. The Balaban J connectivity index is 2.70. The third-order valence-electron chi connectivity index (χ3n) is 1.33. The maximum absolute atomic E-state index is 10.6. The van der Waals surface area contributed by atoms with E-state index in [0.717, 1.165) is 0 Å². The smallest absolute Gasteiger partial charge is 0.276 e. The van der Waals surface area contributed by atoms with Gasteiger partial charge in [-0.1, -0.05) is 23.8 Å². The molecule has 68 valence electrons. The number of nitrogens with two attached hydrogens (primary N) is 1. The molecule has 0 aliphatic rings. The zero-order chi connectivity index (χ0) is 9.84. The Hall–Kier alpha value is -1.13. The van der Waals surface area contributed by atoms with Crippen LogP contribution >= 0.6 is 23.8 Å². The Morgan fingerprint density at radius 2 is 1.92 bits per heavy atom. The number of halogens is 1. The van der Waals surface area contributed by atoms with E-state index in [1.54, 1.807) is 24.3 Å². The van der Waals surface area contributed by atoms with E-state index >= 15 is 0 Å². The molecule has 0 unspecified atom stereocenters. The first kappa shape index (κ1) is 9.95. The van der Waals surface area contributed by atoms with E-state index in [1.165, 1.54) is 0 Å². The molecule has 3 N–H and O–H groups in total. The summed E-state index contributed by atoms with van der Waals surface area (Å²) in [7, 11) is 0. The zero-order valence-corrected chi connectivity index (χ0v) is 8.15. The largest absolute Gasteiger partial charge is 0.364 e. The molecule has 0 aliphatic heterocycles. The van der Waals surface area contributed by atoms with Crippen LogP contribution in [0.5, 0.6) is 0 Å². The molecular formula is C8H7ClN2OS. The van der Waals surface area contributed by atoms with Crippen LogP contribution < -0.4 is 11.1 Å². The summed E-state index contributed by atoms with van der Waals surface area (Å²) in [5.41, 5.74) is 5.63. The first-order valence-electron chi connectivity index (χ1n) is 3.46. The van der Waals surface area contributed by atoms with Gasteiger partial charge < -0.3 is 11.1 Å². The van der Waals surface area contributed by atoms with E-state index in [9.17, 15) is 4.79 Å². The van der Waals surface area contributed by atoms with Crippen molar-refractivity contribution >= 4 is 40.4 Å². The molecule has 3 nitrogen and oxygen atoms in total. The van der Waals surface area contributed by atoms with Crippen molar-refractivity contribution in [2.75, 3.05) is 5.32 Å². The van der Waals surface area contributed by atoms with E-state index in [4.69, 9.17) is 17.3 Å². The fourth-order valence-corrected chi connectivity index (χ4v) is 0.970. The highest BCUT2D eigenvalue weighted by atomic mass is 35.5. The highest BCUT2D eigenvalue weighted by molar-refractivity contribution is 7.82. The highest BCUT2D eigenvalue weighted by Gasteiger charge is 2.02. The molecule has 5 heteroatoms. The van der Waals surface area contributed by atoms with Gasteiger partial charge in [-0.3, -0.25) is 4.79 Å². The van der Waals surface area contributed by atoms with Crippen LogP contribution in [0.1, 0.15) is 0 Å². The summed E-state index contributed by atoms with van der Waals surface area (Å²) in [4.78, 5) is 10.6. The molecule has 0 bridgehead atoms. The Morgan fingerprint density at radius 1 is 1.38 bits per heavy atom. The summed E-state index contributed by atoms with van der Waals surface area (Å²) in [5.74, 6) is -0.648. The molecular weight excluding hydrogens is 208 g/mol. The minimum atomic E-state index is -0.648. The van der Waals surface area contributed by atoms with Crippen LogP contribution in [0.2, 0.25) is 5.02 Å². The standard InChI is InChI=1S/C8H7ClN2OS/c9-5-1-3-6(4-2-5)11-8(13)7(10)12/h1-4H,(H2,10,12)(H,11,13). The first-order valence-corrected chi connectivity index (χ1v) is 4.24. The average molecular weight is 215 g/mol. The van der Waals surface area contributed by atoms with E-state index in [-0.39, 0.29) is 4.99 Å². The number of thiocarbonyl (C=S) groups is 1. The van der Waals surface area contributed by atoms with Crippen LogP contribution in [0.4, 0.5) is 5.69 Å². The molecule has 1 amide bonds. The Bertz CT molecular complexity index is 337. The second-order valence-corrected chi connectivity index (χ2v) is 3.17. The van der Waals surface area contributed by atoms with Gasteiger partial charge in [0.15, 0.2) is 4.99 Å². The van der Waals surface area contributed by atoms with Crippen LogP contribution in [0.3, 0.4) is 0 Å². The molecule has 0 saturated carbocycles. The number of hydrogen-bond acceptors (Lipinski definition) is 2. The number of carbonyl (C=O) groups is 1. The molecule has 0 spiro atoms. The lowest BCUT2D eigenvalue weighted by Gasteiger charge is -2.03. The summed E-state index contributed by atoms with van der Waals surface area (Å²) >= 11 is 10.3. The van der Waals surface area contributed by atoms with Gasteiger partial charge in [-0.15, -0.1) is 0 Å². The van der Waals surface area contributed by atoms with Gasteiger partial charge >= 0.3 is 0 Å². The Morgan fingerprint density at radius 3 is 2.38 bits per heavy atom. The van der Waals surface area contributed by atoms with Crippen LogP contribution in [0.25, 0.3) is 0 Å². The van der Waals surface area contributed by atoms with Gasteiger partial charge in [-0.2, -0.15) is 0 Å². The highest BCUT2D eigenvalue weighted by Crippen LogP contribution is 2.13. The number of amides is 1. The van der Waals surface area contributed by atoms with Gasteiger partial charge in [0.2, 0.25) is 0 Å². The topological polar surface area (TPSA) is 55.1 Å². The van der Waals surface area contributed by atoms with Crippen molar-refractivity contribution in [3.63, 3.8) is 0 Å². The molecule has 0 heterocycles. The van der Waals surface area contributed by atoms with Crippen molar-refractivity contribution in [3.05, 3.63) is 29.3 Å². The Kier molecular flexibility index (Phi) is 3.22. The van der Waals surface area contributed by atoms with Gasteiger partial charge in [0, 0.05) is 10.7 Å². The fraction of sp³-hybridized carbons (Fsp3) is 0. The van der Waals surface area contributed by atoms with Crippen LogP contribution in [-0.4, -0.2) is 10.9 Å². The second-order valence-electron chi connectivity index (χ2n) is 2.33. The van der Waals surface area contributed by atoms with Gasteiger partial charge in [0.1, 0.15) is 0 Å². The minimum absolute atomic E-state index is 0.0117. The van der Waals surface area contributed by atoms with E-state index in [0.29, 0.717) is 10.7 Å². The maximum Gasteiger partial charge on any atom is 0.276 e. The van der Waals surface area contributed by atoms with E-state index < -0.39 is 5.91 Å². The zero-order valence-electron chi connectivity index (χ0n) is 6.58. The van der Waals surface area contributed by atoms with Crippen molar-refractivity contribution in [3.8, 4) is 0 Å². The summed E-state index contributed by atoms with van der Waals surface area (Å²) in [6, 6.07) is 6.79. The number of anilines is 1. The lowest BCUT2D eigenvalue weighted by atomic mass is 10.3. The number of primary amides is 1. The fourth-order valence-electron chi connectivity index (χ4n) is 0.726. The van der Waals surface area contributed by atoms with Crippen molar-refractivity contribution in [2.45, 2.75) is 0 Å². The first-order chi connectivity index (χ1) is 6.09. The predicted molar refractivity (Wildman–Crippen MR) is 56.9 cm³/mol. The normalized spacial score (nSPS) is 9.31. The van der Waals surface area contributed by atoms with Crippen molar-refractivity contribution in [2.24, 2.45) is 5.73 Å². The molecule has 0 aliphatic carbocycles. The van der Waals surface area contributed by atoms with Gasteiger partial charge in [-0.25, -0.2) is 0 Å². The van der Waals surface area contributed by atoms with Gasteiger partial charge in [0.25, 0.3) is 5.91 Å². The molecule has 0 saturated heterocycles. The lowest BCUT2D eigenvalue weighted by Crippen LogP contribution is -2.27. The number of hydrogen-bond donors (Lipinski definition) is 2. The van der Waals surface area contributed by atoms with Crippen molar-refractivity contribution in [1.82, 2.24) is 0 Å². The van der Waals surface area contributed by atoms with Crippen molar-refractivity contribution in [1.29, 1.82) is 0 Å². The Labute approximate surface area is 85.9 Å². The molecule has 0 fully saturated rings. The molecule has 1 aromatic carbocycles. The number of carbonyl (C=O) groups excluding carboxylic acids is 1. The third-order valence-corrected chi connectivity index (χ3v) is 1.88. The monoisotopic (exact) mass is 214 g/mol. The van der Waals surface area contributed by atoms with Crippen LogP contribution in [0, 0.1) is 0 Å². The maximum atomic E-state index is 10.6. The third kappa shape index (κ3) is 3.01. The van der Waals surface area contributed by atoms with Crippen LogP contribution in [0.15, 0.2) is 24.3 Å².